The Morgan fingerprint density at radius 3 is 2.00 bits per heavy atom. The Hall–Kier alpha value is -2.80. The lowest BCUT2D eigenvalue weighted by Gasteiger charge is -2.39. The van der Waals surface area contributed by atoms with Crippen LogP contribution < -0.4 is 10.5 Å². The molecule has 2 saturated heterocycles. The summed E-state index contributed by atoms with van der Waals surface area (Å²) < 4.78 is 43.9. The minimum absolute atomic E-state index is 0.0791. The molecule has 4 rings (SSSR count). The Bertz CT molecular complexity index is 1310. The molecule has 4 heterocycles. The topological polar surface area (TPSA) is 164 Å². The molecule has 0 aromatic carbocycles. The molecule has 0 radical (unpaired) electrons. The summed E-state index contributed by atoms with van der Waals surface area (Å²) in [5, 5.41) is 0. The Morgan fingerprint density at radius 1 is 0.833 bits per heavy atom. The molecule has 2 aromatic heterocycles. The number of nitrogen functional groups attached to an aromatic ring is 1. The Morgan fingerprint density at radius 2 is 1.44 bits per heavy atom. The van der Waals surface area contributed by atoms with E-state index >= 15 is 4.57 Å². The van der Waals surface area contributed by atoms with Crippen molar-refractivity contribution >= 4 is 36.5 Å². The van der Waals surface area contributed by atoms with E-state index < -0.39 is 19.5 Å². The fourth-order valence-electron chi connectivity index (χ4n) is 6.37. The zero-order valence-electron chi connectivity index (χ0n) is 29.1. The molecule has 270 valence electrons. The maximum Gasteiger partial charge on any atom is 0.323 e. The molecule has 48 heavy (non-hydrogen) atoms. The summed E-state index contributed by atoms with van der Waals surface area (Å²) in [5.41, 5.74) is 6.98. The minimum Gasteiger partial charge on any atom is -0.476 e. The van der Waals surface area contributed by atoms with Crippen molar-refractivity contribution < 1.29 is 33.1 Å². The number of hydrogen-bond donors (Lipinski definition) is 1. The summed E-state index contributed by atoms with van der Waals surface area (Å²) in [7, 11) is -3.56. The lowest BCUT2D eigenvalue weighted by Crippen LogP contribution is -2.45. The number of fused-ring (bicyclic) bond motifs is 1. The molecular formula is C33H56N7O7P. The van der Waals surface area contributed by atoms with Crippen LogP contribution in [0, 0.1) is 0 Å². The zero-order valence-corrected chi connectivity index (χ0v) is 30.0. The zero-order chi connectivity index (χ0) is 34.4. The first-order chi connectivity index (χ1) is 23.3. The van der Waals surface area contributed by atoms with Gasteiger partial charge in [0.25, 0.3) is 0 Å². The van der Waals surface area contributed by atoms with Gasteiger partial charge in [-0.25, -0.2) is 14.3 Å². The van der Waals surface area contributed by atoms with Crippen LogP contribution in [0.25, 0.3) is 11.2 Å². The van der Waals surface area contributed by atoms with Crippen LogP contribution in [0.15, 0.2) is 6.33 Å². The third-order valence-corrected chi connectivity index (χ3v) is 12.0. The second-order valence-electron chi connectivity index (χ2n) is 12.6. The second-order valence-corrected chi connectivity index (χ2v) is 15.3. The average molecular weight is 694 g/mol. The lowest BCUT2D eigenvalue weighted by molar-refractivity contribution is -0.147. The number of rotatable bonds is 22. The summed E-state index contributed by atoms with van der Waals surface area (Å²) in [6, 6.07) is -1.31. The van der Waals surface area contributed by atoms with Crippen LogP contribution in [0.4, 0.5) is 5.95 Å². The molecule has 14 nitrogen and oxygen atoms in total. The number of nitrogens with zero attached hydrogens (tertiary/aromatic N) is 6. The van der Waals surface area contributed by atoms with Gasteiger partial charge in [-0.3, -0.25) is 14.2 Å². The van der Waals surface area contributed by atoms with E-state index in [1.165, 1.54) is 0 Å². The summed E-state index contributed by atoms with van der Waals surface area (Å²) in [6.45, 7) is 8.89. The molecule has 0 saturated carbocycles. The number of imidazole rings is 1. The first-order valence-corrected chi connectivity index (χ1v) is 19.8. The van der Waals surface area contributed by atoms with Crippen LogP contribution in [0.5, 0.6) is 5.88 Å². The van der Waals surface area contributed by atoms with E-state index in [2.05, 4.69) is 28.8 Å². The number of hydrogen-bond acceptors (Lipinski definition) is 11. The molecule has 0 unspecified atom stereocenters. The van der Waals surface area contributed by atoms with Crippen molar-refractivity contribution in [2.45, 2.75) is 123 Å². The van der Waals surface area contributed by atoms with E-state index in [0.717, 1.165) is 57.8 Å². The monoisotopic (exact) mass is 693 g/mol. The molecule has 15 heteroatoms. The predicted octanol–water partition coefficient (Wildman–Crippen LogP) is 5.54. The maximum atomic E-state index is 15.3. The minimum atomic E-state index is -3.56. The molecule has 0 amide bonds. The molecule has 2 N–H and O–H groups in total. The Kier molecular flexibility index (Phi) is 15.4. The lowest BCUT2D eigenvalue weighted by atomic mass is 10.2. The highest BCUT2D eigenvalue weighted by Crippen LogP contribution is 2.59. The van der Waals surface area contributed by atoms with E-state index in [4.69, 9.17) is 24.7 Å². The van der Waals surface area contributed by atoms with Crippen LogP contribution in [0.3, 0.4) is 0 Å². The fraction of sp³-hybridized carbons (Fsp3) is 0.788. The van der Waals surface area contributed by atoms with Crippen molar-refractivity contribution in [3.05, 3.63) is 6.33 Å². The van der Waals surface area contributed by atoms with Crippen molar-refractivity contribution in [1.29, 1.82) is 0 Å². The van der Waals surface area contributed by atoms with Crippen LogP contribution in [-0.2, 0) is 34.9 Å². The third kappa shape index (κ3) is 9.89. The molecule has 2 aromatic rings. The summed E-state index contributed by atoms with van der Waals surface area (Å²) >= 11 is 0. The van der Waals surface area contributed by atoms with E-state index in [1.54, 1.807) is 20.2 Å². The third-order valence-electron chi connectivity index (χ3n) is 8.91. The number of esters is 2. The average Bonchev–Trinajstić information content (AvgIpc) is 3.86. The highest BCUT2D eigenvalue weighted by molar-refractivity contribution is 7.59. The number of aromatic nitrogens is 4. The van der Waals surface area contributed by atoms with E-state index in [0.29, 0.717) is 82.2 Å². The van der Waals surface area contributed by atoms with Gasteiger partial charge in [-0.2, -0.15) is 9.97 Å². The molecule has 2 aliphatic rings. The van der Waals surface area contributed by atoms with Gasteiger partial charge < -0.3 is 29.2 Å². The number of anilines is 1. The van der Waals surface area contributed by atoms with Crippen LogP contribution in [0.1, 0.15) is 104 Å². The van der Waals surface area contributed by atoms with Gasteiger partial charge in [0, 0.05) is 19.6 Å². The normalized spacial score (nSPS) is 18.9. The predicted molar refractivity (Wildman–Crippen MR) is 184 cm³/mol. The van der Waals surface area contributed by atoms with E-state index in [-0.39, 0.29) is 30.8 Å². The summed E-state index contributed by atoms with van der Waals surface area (Å²) in [5.74, 6) is -0.308. The molecule has 2 aliphatic heterocycles. The fourth-order valence-corrected chi connectivity index (χ4v) is 9.52. The van der Waals surface area contributed by atoms with Gasteiger partial charge in [0.15, 0.2) is 11.2 Å². The number of carbonyl (C=O) groups is 2. The second kappa shape index (κ2) is 19.4. The van der Waals surface area contributed by atoms with Gasteiger partial charge in [0.2, 0.25) is 19.3 Å². The van der Waals surface area contributed by atoms with Gasteiger partial charge in [-0.05, 0) is 44.9 Å². The first-order valence-electron chi connectivity index (χ1n) is 18.0. The standard InChI is InChI=1S/C33H56N7O7P/c1-4-7-9-11-21-46-31(41)26-15-13-17-39(26)48(43,40-18-14-16-27(40)32(42)47-22-12-10-8-5-2)25-44-23-19-38-24-35-28-29(38)36-33(34)37-30(28)45-20-6-3/h24,26-27H,4-23,25H2,1-3H3,(H2,34,36,37)/t26-,27-/m0/s1. The molecule has 0 spiro atoms. The molecule has 2 atom stereocenters. The van der Waals surface area contributed by atoms with Gasteiger partial charge >= 0.3 is 11.9 Å². The molecular weight excluding hydrogens is 637 g/mol. The SMILES string of the molecule is CCCCCCOC(=O)[C@@H]1CCCN1P(=O)(COCCn1cnc2c(OCCC)nc(N)nc21)N1CCC[C@H]1C(=O)OCCCCCC. The smallest absolute Gasteiger partial charge is 0.323 e. The van der Waals surface area contributed by atoms with Gasteiger partial charge in [0.05, 0.1) is 32.8 Å². The van der Waals surface area contributed by atoms with Crippen molar-refractivity contribution in [3.63, 3.8) is 0 Å². The van der Waals surface area contributed by atoms with Crippen molar-refractivity contribution in [2.24, 2.45) is 0 Å². The first kappa shape index (κ1) is 38.0. The molecule has 2 fully saturated rings. The van der Waals surface area contributed by atoms with Gasteiger partial charge in [0.1, 0.15) is 18.4 Å². The van der Waals surface area contributed by atoms with Crippen LogP contribution >= 0.6 is 7.44 Å². The Balaban J connectivity index is 1.48. The Labute approximate surface area is 284 Å². The van der Waals surface area contributed by atoms with Crippen molar-refractivity contribution in [1.82, 2.24) is 28.9 Å². The largest absolute Gasteiger partial charge is 0.476 e. The summed E-state index contributed by atoms with van der Waals surface area (Å²) in [4.78, 5) is 39.7. The number of nitrogens with two attached hydrogens (primary N) is 1. The molecule has 0 bridgehead atoms. The number of carbonyl (C=O) groups excluding carboxylic acids is 2. The highest BCUT2D eigenvalue weighted by atomic mass is 31.2. The maximum absolute atomic E-state index is 15.3. The van der Waals surface area contributed by atoms with Crippen molar-refractivity contribution in [3.8, 4) is 5.88 Å². The highest BCUT2D eigenvalue weighted by Gasteiger charge is 2.51. The molecule has 0 aliphatic carbocycles. The van der Waals surface area contributed by atoms with Gasteiger partial charge in [-0.1, -0.05) is 59.3 Å². The number of unbranched alkanes of at least 4 members (excludes halogenated alkanes) is 6. The summed E-state index contributed by atoms with van der Waals surface area (Å²) in [6.07, 6.45) is 12.7. The van der Waals surface area contributed by atoms with E-state index in [1.807, 2.05) is 6.92 Å². The van der Waals surface area contributed by atoms with Crippen LogP contribution in [-0.4, -0.2) is 98.7 Å². The quantitative estimate of drug-likeness (QED) is 0.0930. The van der Waals surface area contributed by atoms with Crippen LogP contribution in [0.2, 0.25) is 0 Å². The van der Waals surface area contributed by atoms with Crippen molar-refractivity contribution in [2.75, 3.05) is 51.6 Å². The van der Waals surface area contributed by atoms with E-state index in [9.17, 15) is 9.59 Å². The van der Waals surface area contributed by atoms with Gasteiger partial charge in [-0.15, -0.1) is 0 Å². The number of ether oxygens (including phenoxy) is 4.